The normalized spacial score (nSPS) is 15.0. The zero-order valence-electron chi connectivity index (χ0n) is 13.7. The van der Waals surface area contributed by atoms with Crippen LogP contribution in [0.25, 0.3) is 6.08 Å². The Bertz CT molecular complexity index is 956. The third-order valence-corrected chi connectivity index (χ3v) is 4.69. The fourth-order valence-corrected chi connectivity index (χ4v) is 3.36. The molecular formula is C18H12BrCl2NO4. The van der Waals surface area contributed by atoms with Crippen LogP contribution in [0.3, 0.4) is 0 Å². The molecule has 0 N–H and O–H groups in total. The number of esters is 1. The maximum Gasteiger partial charge on any atom is 0.363 e. The number of ether oxygens (including phenoxy) is 3. The zero-order valence-corrected chi connectivity index (χ0v) is 16.8. The first-order valence-electron chi connectivity index (χ1n) is 7.32. The van der Waals surface area contributed by atoms with Crippen LogP contribution in [0.2, 0.25) is 10.0 Å². The van der Waals surface area contributed by atoms with E-state index in [-0.39, 0.29) is 11.6 Å². The molecule has 5 nitrogen and oxygen atoms in total. The van der Waals surface area contributed by atoms with E-state index in [1.165, 1.54) is 7.11 Å². The first kappa shape index (κ1) is 18.8. The second kappa shape index (κ2) is 7.70. The average Bonchev–Trinajstić information content (AvgIpc) is 2.97. The number of methoxy groups -OCH3 is 2. The van der Waals surface area contributed by atoms with Gasteiger partial charge in [0.1, 0.15) is 0 Å². The van der Waals surface area contributed by atoms with Crippen molar-refractivity contribution < 1.29 is 19.0 Å². The number of benzene rings is 2. The second-order valence-electron chi connectivity index (χ2n) is 5.20. The van der Waals surface area contributed by atoms with Gasteiger partial charge in [0.25, 0.3) is 0 Å². The van der Waals surface area contributed by atoms with E-state index in [1.54, 1.807) is 43.5 Å². The third kappa shape index (κ3) is 3.72. The van der Waals surface area contributed by atoms with Crippen molar-refractivity contribution in [1.82, 2.24) is 0 Å². The van der Waals surface area contributed by atoms with E-state index >= 15 is 0 Å². The predicted molar refractivity (Wildman–Crippen MR) is 104 cm³/mol. The van der Waals surface area contributed by atoms with Crippen molar-refractivity contribution in [3.05, 3.63) is 61.7 Å². The lowest BCUT2D eigenvalue weighted by Gasteiger charge is -2.10. The summed E-state index contributed by atoms with van der Waals surface area (Å²) in [6, 6.07) is 8.35. The Morgan fingerprint density at radius 3 is 2.62 bits per heavy atom. The Hall–Kier alpha value is -2.02. The smallest absolute Gasteiger partial charge is 0.363 e. The van der Waals surface area contributed by atoms with Crippen LogP contribution in [-0.4, -0.2) is 26.1 Å². The Morgan fingerprint density at radius 2 is 1.92 bits per heavy atom. The van der Waals surface area contributed by atoms with Crippen LogP contribution >= 0.6 is 39.1 Å². The molecule has 0 amide bonds. The molecule has 2 aromatic carbocycles. The number of halogens is 3. The van der Waals surface area contributed by atoms with Gasteiger partial charge in [-0.15, -0.1) is 0 Å². The SMILES string of the molecule is COc1cc(/C=C2\N=C(c3cc(Cl)ccc3Cl)OC2=O)cc(Br)c1OC. The standard InChI is InChI=1S/C18H12BrCl2NO4/c1-24-15-7-9(5-12(19)16(15)25-2)6-14-18(23)26-17(22-14)11-8-10(20)3-4-13(11)21/h3-8H,1-2H3/b14-6-. The maximum atomic E-state index is 12.2. The van der Waals surface area contributed by atoms with Crippen molar-refractivity contribution in [1.29, 1.82) is 0 Å². The van der Waals surface area contributed by atoms with Gasteiger partial charge in [-0.2, -0.15) is 0 Å². The first-order chi connectivity index (χ1) is 12.4. The van der Waals surface area contributed by atoms with Crippen molar-refractivity contribution in [3.8, 4) is 11.5 Å². The van der Waals surface area contributed by atoms with Crippen molar-refractivity contribution >= 4 is 57.1 Å². The van der Waals surface area contributed by atoms with Crippen LogP contribution in [0.5, 0.6) is 11.5 Å². The number of aliphatic imine (C=N–C) groups is 1. The van der Waals surface area contributed by atoms with E-state index in [0.29, 0.717) is 37.1 Å². The predicted octanol–water partition coefficient (Wildman–Crippen LogP) is 5.12. The number of nitrogens with zero attached hydrogens (tertiary/aromatic N) is 1. The molecule has 0 fully saturated rings. The Balaban J connectivity index is 2.01. The van der Waals surface area contributed by atoms with E-state index in [1.807, 2.05) is 0 Å². The van der Waals surface area contributed by atoms with Crippen molar-refractivity contribution in [2.45, 2.75) is 0 Å². The summed E-state index contributed by atoms with van der Waals surface area (Å²) in [6.45, 7) is 0. The third-order valence-electron chi connectivity index (χ3n) is 3.54. The topological polar surface area (TPSA) is 57.1 Å². The highest BCUT2D eigenvalue weighted by atomic mass is 79.9. The van der Waals surface area contributed by atoms with Crippen molar-refractivity contribution in [3.63, 3.8) is 0 Å². The number of hydrogen-bond acceptors (Lipinski definition) is 5. The first-order valence-corrected chi connectivity index (χ1v) is 8.87. The molecule has 0 atom stereocenters. The fourth-order valence-electron chi connectivity index (χ4n) is 2.36. The summed E-state index contributed by atoms with van der Waals surface area (Å²) in [5.41, 5.74) is 1.27. The van der Waals surface area contributed by atoms with Crippen LogP contribution in [0.1, 0.15) is 11.1 Å². The van der Waals surface area contributed by atoms with Crippen LogP contribution in [0.4, 0.5) is 0 Å². The molecule has 1 aliphatic rings. The number of hydrogen-bond donors (Lipinski definition) is 0. The van der Waals surface area contributed by atoms with Gasteiger partial charge >= 0.3 is 5.97 Å². The molecule has 0 aliphatic carbocycles. The lowest BCUT2D eigenvalue weighted by atomic mass is 10.1. The molecule has 26 heavy (non-hydrogen) atoms. The van der Waals surface area contributed by atoms with Crippen LogP contribution in [0, 0.1) is 0 Å². The highest BCUT2D eigenvalue weighted by Gasteiger charge is 2.26. The van der Waals surface area contributed by atoms with E-state index < -0.39 is 5.97 Å². The molecule has 1 aliphatic heterocycles. The summed E-state index contributed by atoms with van der Waals surface area (Å²) in [6.07, 6.45) is 1.58. The minimum absolute atomic E-state index is 0.105. The Labute approximate surface area is 168 Å². The molecule has 2 aromatic rings. The number of carbonyl (C=O) groups is 1. The van der Waals surface area contributed by atoms with Crippen molar-refractivity contribution in [2.24, 2.45) is 4.99 Å². The molecule has 3 rings (SSSR count). The summed E-state index contributed by atoms with van der Waals surface area (Å²) in [4.78, 5) is 16.4. The van der Waals surface area contributed by atoms with Gasteiger partial charge in [0, 0.05) is 5.02 Å². The van der Waals surface area contributed by atoms with Crippen LogP contribution < -0.4 is 9.47 Å². The molecule has 0 saturated heterocycles. The Kier molecular flexibility index (Phi) is 5.55. The quantitative estimate of drug-likeness (QED) is 0.473. The molecule has 8 heteroatoms. The minimum atomic E-state index is -0.582. The summed E-state index contributed by atoms with van der Waals surface area (Å²) < 4.78 is 16.5. The maximum absolute atomic E-state index is 12.2. The van der Waals surface area contributed by atoms with Gasteiger partial charge in [-0.25, -0.2) is 9.79 Å². The average molecular weight is 457 g/mol. The lowest BCUT2D eigenvalue weighted by Crippen LogP contribution is -2.06. The molecule has 1 heterocycles. The molecule has 0 aromatic heterocycles. The number of cyclic esters (lactones) is 1. The van der Waals surface area contributed by atoms with Crippen LogP contribution in [0.15, 0.2) is 45.5 Å². The minimum Gasteiger partial charge on any atom is -0.493 e. The van der Waals surface area contributed by atoms with E-state index in [9.17, 15) is 4.79 Å². The second-order valence-corrected chi connectivity index (χ2v) is 6.90. The summed E-state index contributed by atoms with van der Waals surface area (Å²) in [7, 11) is 3.07. The largest absolute Gasteiger partial charge is 0.493 e. The summed E-state index contributed by atoms with van der Waals surface area (Å²) in [5.74, 6) is 0.593. The molecule has 0 saturated carbocycles. The van der Waals surface area contributed by atoms with E-state index in [4.69, 9.17) is 37.4 Å². The monoisotopic (exact) mass is 455 g/mol. The van der Waals surface area contributed by atoms with Gasteiger partial charge in [-0.1, -0.05) is 23.2 Å². The van der Waals surface area contributed by atoms with E-state index in [2.05, 4.69) is 20.9 Å². The van der Waals surface area contributed by atoms with Gasteiger partial charge in [0.15, 0.2) is 17.2 Å². The molecule has 0 bridgehead atoms. The highest BCUT2D eigenvalue weighted by molar-refractivity contribution is 9.10. The molecular weight excluding hydrogens is 445 g/mol. The highest BCUT2D eigenvalue weighted by Crippen LogP contribution is 2.37. The molecule has 0 spiro atoms. The summed E-state index contributed by atoms with van der Waals surface area (Å²) in [5, 5.41) is 0.848. The van der Waals surface area contributed by atoms with Gasteiger partial charge in [0.2, 0.25) is 5.90 Å². The Morgan fingerprint density at radius 1 is 1.15 bits per heavy atom. The lowest BCUT2D eigenvalue weighted by molar-refractivity contribution is -0.129. The summed E-state index contributed by atoms with van der Waals surface area (Å²) >= 11 is 15.5. The zero-order chi connectivity index (χ0) is 18.8. The molecule has 0 radical (unpaired) electrons. The van der Waals surface area contributed by atoms with Gasteiger partial charge in [0.05, 0.1) is 29.3 Å². The molecule has 134 valence electrons. The number of rotatable bonds is 4. The number of carbonyl (C=O) groups excluding carboxylic acids is 1. The van der Waals surface area contributed by atoms with Crippen LogP contribution in [-0.2, 0) is 9.53 Å². The fraction of sp³-hybridized carbons (Fsp3) is 0.111. The van der Waals surface area contributed by atoms with Gasteiger partial charge in [-0.3, -0.25) is 0 Å². The van der Waals surface area contributed by atoms with Crippen molar-refractivity contribution in [2.75, 3.05) is 14.2 Å². The van der Waals surface area contributed by atoms with Gasteiger partial charge in [-0.05, 0) is 57.9 Å². The van der Waals surface area contributed by atoms with Gasteiger partial charge < -0.3 is 14.2 Å². The molecule has 0 unspecified atom stereocenters. The van der Waals surface area contributed by atoms with E-state index in [0.717, 1.165) is 0 Å².